The fraction of sp³-hybridized carbons (Fsp3) is 0.400. The highest BCUT2D eigenvalue weighted by molar-refractivity contribution is 6.32. The van der Waals surface area contributed by atoms with E-state index in [1.807, 2.05) is 19.9 Å². The molecule has 0 N–H and O–H groups in total. The van der Waals surface area contributed by atoms with E-state index in [9.17, 15) is 4.79 Å². The van der Waals surface area contributed by atoms with E-state index in [4.69, 9.17) is 11.6 Å². The van der Waals surface area contributed by atoms with Crippen LogP contribution in [0.15, 0.2) is 6.07 Å². The van der Waals surface area contributed by atoms with Gasteiger partial charge in [0, 0.05) is 19.8 Å². The summed E-state index contributed by atoms with van der Waals surface area (Å²) < 4.78 is 0. The molecule has 0 aromatic carbocycles. The molecule has 0 aliphatic heterocycles. The van der Waals surface area contributed by atoms with Crippen LogP contribution in [0.5, 0.6) is 0 Å². The average Bonchev–Trinajstić information content (AvgIpc) is 2.01. The first-order chi connectivity index (χ1) is 6.43. The Hall–Kier alpha value is -1.09. The number of hydrogen-bond donors (Lipinski definition) is 0. The summed E-state index contributed by atoms with van der Waals surface area (Å²) in [5.74, 6) is -0.111. The van der Waals surface area contributed by atoms with E-state index in [2.05, 4.69) is 4.98 Å². The second-order valence-corrected chi connectivity index (χ2v) is 3.80. The number of carbonyl (C=O) groups is 1. The first kappa shape index (κ1) is 11.0. The fourth-order valence-corrected chi connectivity index (χ4v) is 1.63. The zero-order chi connectivity index (χ0) is 10.9. The summed E-state index contributed by atoms with van der Waals surface area (Å²) >= 11 is 5.92. The second-order valence-electron chi connectivity index (χ2n) is 3.45. The molecule has 0 atom stereocenters. The van der Waals surface area contributed by atoms with Crippen LogP contribution in [0, 0.1) is 13.8 Å². The van der Waals surface area contributed by atoms with Crippen molar-refractivity contribution >= 4 is 17.5 Å². The zero-order valence-corrected chi connectivity index (χ0v) is 9.51. The van der Waals surface area contributed by atoms with Crippen LogP contribution in [0.3, 0.4) is 0 Å². The largest absolute Gasteiger partial charge is 0.345 e. The van der Waals surface area contributed by atoms with Crippen molar-refractivity contribution in [1.29, 1.82) is 0 Å². The Morgan fingerprint density at radius 2 is 2.00 bits per heavy atom. The number of aromatic nitrogens is 1. The number of carbonyl (C=O) groups excluding carboxylic acids is 1. The molecule has 1 amide bonds. The van der Waals surface area contributed by atoms with Gasteiger partial charge < -0.3 is 4.90 Å². The average molecular weight is 213 g/mol. The van der Waals surface area contributed by atoms with Crippen molar-refractivity contribution in [2.24, 2.45) is 0 Å². The molecule has 14 heavy (non-hydrogen) atoms. The first-order valence-corrected chi connectivity index (χ1v) is 4.66. The molecular weight excluding hydrogens is 200 g/mol. The molecule has 0 aliphatic rings. The van der Waals surface area contributed by atoms with Crippen molar-refractivity contribution in [3.63, 3.8) is 0 Å². The smallest absolute Gasteiger partial charge is 0.256 e. The first-order valence-electron chi connectivity index (χ1n) is 4.29. The molecule has 76 valence electrons. The molecule has 0 bridgehead atoms. The lowest BCUT2D eigenvalue weighted by Crippen LogP contribution is -2.23. The van der Waals surface area contributed by atoms with E-state index in [-0.39, 0.29) is 11.1 Å². The van der Waals surface area contributed by atoms with Crippen molar-refractivity contribution in [2.45, 2.75) is 13.8 Å². The summed E-state index contributed by atoms with van der Waals surface area (Å²) in [6.45, 7) is 3.71. The minimum absolute atomic E-state index is 0.111. The molecule has 1 rings (SSSR count). The van der Waals surface area contributed by atoms with Gasteiger partial charge in [-0.15, -0.1) is 0 Å². The molecule has 1 heterocycles. The van der Waals surface area contributed by atoms with Crippen LogP contribution >= 0.6 is 11.6 Å². The third-order valence-electron chi connectivity index (χ3n) is 1.92. The fourth-order valence-electron chi connectivity index (χ4n) is 1.27. The highest BCUT2D eigenvalue weighted by atomic mass is 35.5. The molecular formula is C10H13ClN2O. The van der Waals surface area contributed by atoms with Gasteiger partial charge >= 0.3 is 0 Å². The van der Waals surface area contributed by atoms with Gasteiger partial charge in [0.2, 0.25) is 0 Å². The molecule has 4 heteroatoms. The maximum atomic E-state index is 11.7. The molecule has 1 aromatic heterocycles. The van der Waals surface area contributed by atoms with Crippen molar-refractivity contribution in [1.82, 2.24) is 9.88 Å². The van der Waals surface area contributed by atoms with Gasteiger partial charge in [-0.3, -0.25) is 4.79 Å². The summed E-state index contributed by atoms with van der Waals surface area (Å²) in [6, 6.07) is 1.85. The van der Waals surface area contributed by atoms with Gasteiger partial charge in [0.25, 0.3) is 5.91 Å². The van der Waals surface area contributed by atoms with Gasteiger partial charge in [-0.2, -0.15) is 0 Å². The van der Waals surface area contributed by atoms with Crippen molar-refractivity contribution < 1.29 is 4.79 Å². The number of amides is 1. The Morgan fingerprint density at radius 1 is 1.43 bits per heavy atom. The minimum Gasteiger partial charge on any atom is -0.345 e. The minimum atomic E-state index is -0.111. The van der Waals surface area contributed by atoms with Gasteiger partial charge in [-0.25, -0.2) is 4.98 Å². The van der Waals surface area contributed by atoms with Crippen LogP contribution in [-0.4, -0.2) is 29.9 Å². The highest BCUT2D eigenvalue weighted by Gasteiger charge is 2.16. The van der Waals surface area contributed by atoms with Crippen LogP contribution in [0.25, 0.3) is 0 Å². The maximum absolute atomic E-state index is 11.7. The summed E-state index contributed by atoms with van der Waals surface area (Å²) in [4.78, 5) is 17.2. The van der Waals surface area contributed by atoms with Crippen molar-refractivity contribution in [3.8, 4) is 0 Å². The lowest BCUT2D eigenvalue weighted by atomic mass is 10.1. The Morgan fingerprint density at radius 3 is 2.43 bits per heavy atom. The summed E-state index contributed by atoms with van der Waals surface area (Å²) in [6.07, 6.45) is 0. The van der Waals surface area contributed by atoms with Gasteiger partial charge in [0.1, 0.15) is 5.15 Å². The SMILES string of the molecule is Cc1cc(C)c(C(=O)N(C)C)c(Cl)n1. The molecule has 0 saturated heterocycles. The number of halogens is 1. The lowest BCUT2D eigenvalue weighted by Gasteiger charge is -2.13. The number of pyridine rings is 1. The summed E-state index contributed by atoms with van der Waals surface area (Å²) in [7, 11) is 3.38. The molecule has 0 radical (unpaired) electrons. The van der Waals surface area contributed by atoms with E-state index >= 15 is 0 Å². The Bertz CT molecular complexity index is 351. The maximum Gasteiger partial charge on any atom is 0.256 e. The van der Waals surface area contributed by atoms with Gasteiger partial charge in [-0.1, -0.05) is 11.6 Å². The van der Waals surface area contributed by atoms with Crippen LogP contribution < -0.4 is 0 Å². The predicted octanol–water partition coefficient (Wildman–Crippen LogP) is 2.05. The molecule has 0 aliphatic carbocycles. The normalized spacial score (nSPS) is 10.1. The number of aryl methyl sites for hydroxylation is 2. The second kappa shape index (κ2) is 3.96. The molecule has 1 aromatic rings. The van der Waals surface area contributed by atoms with Crippen molar-refractivity contribution in [2.75, 3.05) is 14.1 Å². The van der Waals surface area contributed by atoms with Crippen LogP contribution in [0.4, 0.5) is 0 Å². The standard InChI is InChI=1S/C10H13ClN2O/c1-6-5-7(2)12-9(11)8(6)10(14)13(3)4/h5H,1-4H3. The Balaban J connectivity index is 3.28. The predicted molar refractivity (Wildman–Crippen MR) is 56.7 cm³/mol. The topological polar surface area (TPSA) is 33.2 Å². The number of hydrogen-bond acceptors (Lipinski definition) is 2. The Labute approximate surface area is 88.7 Å². The molecule has 0 spiro atoms. The molecule has 0 fully saturated rings. The van der Waals surface area contributed by atoms with Gasteiger partial charge in [-0.05, 0) is 25.5 Å². The third kappa shape index (κ3) is 2.04. The van der Waals surface area contributed by atoms with E-state index < -0.39 is 0 Å². The van der Waals surface area contributed by atoms with E-state index in [0.29, 0.717) is 5.56 Å². The van der Waals surface area contributed by atoms with Crippen molar-refractivity contribution in [3.05, 3.63) is 28.0 Å². The number of rotatable bonds is 1. The van der Waals surface area contributed by atoms with Crippen LogP contribution in [0.2, 0.25) is 5.15 Å². The van der Waals surface area contributed by atoms with E-state index in [1.165, 1.54) is 4.90 Å². The van der Waals surface area contributed by atoms with E-state index in [0.717, 1.165) is 11.3 Å². The Kier molecular flexibility index (Phi) is 3.11. The summed E-state index contributed by atoms with van der Waals surface area (Å²) in [5.41, 5.74) is 2.17. The summed E-state index contributed by atoms with van der Waals surface area (Å²) in [5, 5.41) is 0.279. The van der Waals surface area contributed by atoms with Crippen LogP contribution in [-0.2, 0) is 0 Å². The lowest BCUT2D eigenvalue weighted by molar-refractivity contribution is 0.0826. The van der Waals surface area contributed by atoms with Gasteiger partial charge in [0.15, 0.2) is 0 Å². The number of nitrogens with zero attached hydrogens (tertiary/aromatic N) is 2. The third-order valence-corrected chi connectivity index (χ3v) is 2.19. The molecule has 0 saturated carbocycles. The quantitative estimate of drug-likeness (QED) is 0.668. The van der Waals surface area contributed by atoms with Gasteiger partial charge in [0.05, 0.1) is 5.56 Å². The zero-order valence-electron chi connectivity index (χ0n) is 8.76. The monoisotopic (exact) mass is 212 g/mol. The molecule has 0 unspecified atom stereocenters. The van der Waals surface area contributed by atoms with E-state index in [1.54, 1.807) is 14.1 Å². The highest BCUT2D eigenvalue weighted by Crippen LogP contribution is 2.19. The molecule has 3 nitrogen and oxygen atoms in total. The van der Waals surface area contributed by atoms with Crippen LogP contribution in [0.1, 0.15) is 21.6 Å².